The number of aromatic nitrogens is 3. The Bertz CT molecular complexity index is 1080. The molecule has 27 heavy (non-hydrogen) atoms. The van der Waals surface area contributed by atoms with Crippen molar-refractivity contribution in [3.8, 4) is 5.75 Å². The van der Waals surface area contributed by atoms with Crippen LogP contribution in [0.3, 0.4) is 0 Å². The lowest BCUT2D eigenvalue weighted by atomic mass is 10.1. The predicted molar refractivity (Wildman–Crippen MR) is 104 cm³/mol. The summed E-state index contributed by atoms with van der Waals surface area (Å²) in [5.74, 6) is 2.24. The van der Waals surface area contributed by atoms with E-state index in [1.807, 2.05) is 6.07 Å². The number of methoxy groups -OCH3 is 1. The fourth-order valence-corrected chi connectivity index (χ4v) is 4.13. The Kier molecular flexibility index (Phi) is 3.82. The summed E-state index contributed by atoms with van der Waals surface area (Å²) < 4.78 is 7.55. The summed E-state index contributed by atoms with van der Waals surface area (Å²) >= 11 is 0. The van der Waals surface area contributed by atoms with Crippen molar-refractivity contribution in [2.75, 3.05) is 13.7 Å². The molecule has 0 saturated heterocycles. The van der Waals surface area contributed by atoms with Crippen LogP contribution in [0.5, 0.6) is 5.75 Å². The average molecular weight is 364 g/mol. The fraction of sp³-hybridized carbons (Fsp3) is 0.429. The first-order valence-electron chi connectivity index (χ1n) is 9.58. The third-order valence-corrected chi connectivity index (χ3v) is 5.80. The first-order chi connectivity index (χ1) is 13.1. The highest BCUT2D eigenvalue weighted by Gasteiger charge is 2.29. The summed E-state index contributed by atoms with van der Waals surface area (Å²) in [5.41, 5.74) is 4.33. The molecule has 2 aliphatic rings. The molecule has 0 amide bonds. The van der Waals surface area contributed by atoms with Gasteiger partial charge in [-0.05, 0) is 36.6 Å². The summed E-state index contributed by atoms with van der Waals surface area (Å²) in [6.45, 7) is 2.39. The third-order valence-electron chi connectivity index (χ3n) is 5.80. The van der Waals surface area contributed by atoms with E-state index in [4.69, 9.17) is 9.72 Å². The molecule has 140 valence electrons. The molecule has 0 radical (unpaired) electrons. The van der Waals surface area contributed by atoms with Crippen LogP contribution in [-0.4, -0.2) is 33.1 Å². The molecule has 5 rings (SSSR count). The molecule has 1 aromatic carbocycles. The molecule has 1 fully saturated rings. The van der Waals surface area contributed by atoms with Gasteiger partial charge in [0.2, 0.25) is 0 Å². The first kappa shape index (κ1) is 16.6. The molecular weight excluding hydrogens is 340 g/mol. The number of nitrogens with zero attached hydrogens (tertiary/aromatic N) is 3. The zero-order valence-corrected chi connectivity index (χ0v) is 15.8. The van der Waals surface area contributed by atoms with Crippen LogP contribution in [0.4, 0.5) is 0 Å². The molecule has 3 heterocycles. The van der Waals surface area contributed by atoms with Gasteiger partial charge in [-0.1, -0.05) is 0 Å². The monoisotopic (exact) mass is 364 g/mol. The van der Waals surface area contributed by atoms with E-state index < -0.39 is 0 Å². The van der Waals surface area contributed by atoms with Gasteiger partial charge in [-0.25, -0.2) is 4.98 Å². The van der Waals surface area contributed by atoms with Gasteiger partial charge < -0.3 is 14.3 Å². The minimum atomic E-state index is 0.0474. The van der Waals surface area contributed by atoms with E-state index in [-0.39, 0.29) is 5.56 Å². The van der Waals surface area contributed by atoms with Crippen LogP contribution >= 0.6 is 0 Å². The number of benzene rings is 1. The molecule has 1 aliphatic carbocycles. The van der Waals surface area contributed by atoms with Crippen molar-refractivity contribution in [1.29, 1.82) is 0 Å². The Labute approximate surface area is 157 Å². The summed E-state index contributed by atoms with van der Waals surface area (Å²) in [6, 6.07) is 6.18. The SMILES string of the molecule is COc1ccc2c(c1)c(CN1CCc3nc(C4CC4)[nH]c(=O)c3C1)cn2C. The topological polar surface area (TPSA) is 63.1 Å². The van der Waals surface area contributed by atoms with E-state index in [0.29, 0.717) is 12.5 Å². The predicted octanol–water partition coefficient (Wildman–Crippen LogP) is 2.71. The molecule has 1 aliphatic heterocycles. The molecular formula is C21H24N4O2. The lowest BCUT2D eigenvalue weighted by Gasteiger charge is -2.27. The fourth-order valence-electron chi connectivity index (χ4n) is 4.13. The minimum absolute atomic E-state index is 0.0474. The Morgan fingerprint density at radius 2 is 2.19 bits per heavy atom. The molecule has 2 aromatic heterocycles. The van der Waals surface area contributed by atoms with Crippen LogP contribution in [0.2, 0.25) is 0 Å². The molecule has 3 aromatic rings. The number of ether oxygens (including phenoxy) is 1. The molecule has 1 N–H and O–H groups in total. The van der Waals surface area contributed by atoms with Gasteiger partial charge in [0, 0.05) is 56.1 Å². The summed E-state index contributed by atoms with van der Waals surface area (Å²) in [4.78, 5) is 22.7. The van der Waals surface area contributed by atoms with Gasteiger partial charge >= 0.3 is 0 Å². The molecule has 1 saturated carbocycles. The zero-order valence-electron chi connectivity index (χ0n) is 15.8. The number of hydrogen-bond acceptors (Lipinski definition) is 4. The van der Waals surface area contributed by atoms with Crippen molar-refractivity contribution < 1.29 is 4.74 Å². The van der Waals surface area contributed by atoms with E-state index >= 15 is 0 Å². The Morgan fingerprint density at radius 3 is 2.96 bits per heavy atom. The molecule has 0 unspecified atom stereocenters. The van der Waals surface area contributed by atoms with Crippen molar-refractivity contribution in [3.05, 3.63) is 57.4 Å². The van der Waals surface area contributed by atoms with Gasteiger partial charge in [0.1, 0.15) is 11.6 Å². The van der Waals surface area contributed by atoms with E-state index in [1.165, 1.54) is 16.5 Å². The number of fused-ring (bicyclic) bond motifs is 2. The maximum absolute atomic E-state index is 12.6. The van der Waals surface area contributed by atoms with Crippen molar-refractivity contribution in [2.24, 2.45) is 7.05 Å². The number of rotatable bonds is 4. The van der Waals surface area contributed by atoms with Gasteiger partial charge in [-0.3, -0.25) is 9.69 Å². The summed E-state index contributed by atoms with van der Waals surface area (Å²) in [6.07, 6.45) is 5.32. The van der Waals surface area contributed by atoms with Gasteiger partial charge in [0.25, 0.3) is 5.56 Å². The van der Waals surface area contributed by atoms with E-state index in [0.717, 1.165) is 55.2 Å². The highest BCUT2D eigenvalue weighted by molar-refractivity contribution is 5.85. The quantitative estimate of drug-likeness (QED) is 0.773. The highest BCUT2D eigenvalue weighted by atomic mass is 16.5. The second-order valence-electron chi connectivity index (χ2n) is 7.76. The Hall–Kier alpha value is -2.60. The van der Waals surface area contributed by atoms with Gasteiger partial charge in [0.15, 0.2) is 0 Å². The van der Waals surface area contributed by atoms with Crippen LogP contribution < -0.4 is 10.3 Å². The van der Waals surface area contributed by atoms with Gasteiger partial charge in [-0.2, -0.15) is 0 Å². The van der Waals surface area contributed by atoms with Crippen LogP contribution in [0.15, 0.2) is 29.2 Å². The lowest BCUT2D eigenvalue weighted by Crippen LogP contribution is -2.35. The van der Waals surface area contributed by atoms with Crippen LogP contribution in [0, 0.1) is 0 Å². The zero-order chi connectivity index (χ0) is 18.5. The third kappa shape index (κ3) is 2.94. The molecule has 0 atom stereocenters. The van der Waals surface area contributed by atoms with Gasteiger partial charge in [0.05, 0.1) is 18.4 Å². The number of hydrogen-bond donors (Lipinski definition) is 1. The first-order valence-corrected chi connectivity index (χ1v) is 9.58. The van der Waals surface area contributed by atoms with Crippen molar-refractivity contribution in [1.82, 2.24) is 19.4 Å². The lowest BCUT2D eigenvalue weighted by molar-refractivity contribution is 0.242. The van der Waals surface area contributed by atoms with E-state index in [2.05, 4.69) is 39.8 Å². The molecule has 6 nitrogen and oxygen atoms in total. The second-order valence-corrected chi connectivity index (χ2v) is 7.76. The maximum Gasteiger partial charge on any atom is 0.255 e. The average Bonchev–Trinajstić information content (AvgIpc) is 3.48. The standard InChI is InChI=1S/C21H24N4O2/c1-24-10-14(16-9-15(27-2)5-6-19(16)24)11-25-8-7-18-17(12-25)21(26)23-20(22-18)13-3-4-13/h5-6,9-10,13H,3-4,7-8,11-12H2,1-2H3,(H,22,23,26). The Morgan fingerprint density at radius 1 is 1.33 bits per heavy atom. The van der Waals surface area contributed by atoms with Crippen LogP contribution in [0.25, 0.3) is 10.9 Å². The molecule has 0 bridgehead atoms. The van der Waals surface area contributed by atoms with Crippen molar-refractivity contribution >= 4 is 10.9 Å². The Balaban J connectivity index is 1.43. The normalized spacial score (nSPS) is 17.3. The minimum Gasteiger partial charge on any atom is -0.497 e. The summed E-state index contributed by atoms with van der Waals surface area (Å²) in [7, 11) is 3.76. The summed E-state index contributed by atoms with van der Waals surface area (Å²) in [5, 5.41) is 1.21. The number of aryl methyl sites for hydroxylation is 1. The van der Waals surface area contributed by atoms with Gasteiger partial charge in [-0.15, -0.1) is 0 Å². The largest absolute Gasteiger partial charge is 0.497 e. The van der Waals surface area contributed by atoms with Crippen molar-refractivity contribution in [2.45, 2.75) is 38.3 Å². The second kappa shape index (κ2) is 6.23. The van der Waals surface area contributed by atoms with E-state index in [1.54, 1.807) is 7.11 Å². The maximum atomic E-state index is 12.6. The van der Waals surface area contributed by atoms with E-state index in [9.17, 15) is 4.79 Å². The van der Waals surface area contributed by atoms with Crippen molar-refractivity contribution in [3.63, 3.8) is 0 Å². The molecule has 6 heteroatoms. The smallest absolute Gasteiger partial charge is 0.255 e. The highest BCUT2D eigenvalue weighted by Crippen LogP contribution is 2.38. The number of nitrogens with one attached hydrogen (secondary N) is 1. The number of aromatic amines is 1. The van der Waals surface area contributed by atoms with Crippen LogP contribution in [0.1, 0.15) is 41.4 Å². The van der Waals surface area contributed by atoms with Crippen LogP contribution in [-0.2, 0) is 26.6 Å². The molecule has 0 spiro atoms. The number of H-pyrrole nitrogens is 1.